The highest BCUT2D eigenvalue weighted by Crippen LogP contribution is 2.35. The van der Waals surface area contributed by atoms with E-state index in [1.54, 1.807) is 6.07 Å². The summed E-state index contributed by atoms with van der Waals surface area (Å²) in [7, 11) is 0. The zero-order valence-electron chi connectivity index (χ0n) is 10.5. The van der Waals surface area contributed by atoms with Crippen LogP contribution in [-0.4, -0.2) is 10.9 Å². The van der Waals surface area contributed by atoms with E-state index < -0.39 is 11.6 Å². The molecule has 0 aliphatic heterocycles. The van der Waals surface area contributed by atoms with Gasteiger partial charge in [-0.3, -0.25) is 5.41 Å². The molecule has 0 fully saturated rings. The smallest absolute Gasteiger partial charge is 0.166 e. The molecule has 0 amide bonds. The maximum atomic E-state index is 13.9. The van der Waals surface area contributed by atoms with Crippen LogP contribution in [0.2, 0.25) is 0 Å². The predicted octanol–water partition coefficient (Wildman–Crippen LogP) is 3.92. The Morgan fingerprint density at radius 2 is 2.00 bits per heavy atom. The lowest BCUT2D eigenvalue weighted by Crippen LogP contribution is -2.09. The van der Waals surface area contributed by atoms with Gasteiger partial charge < -0.3 is 5.73 Å². The lowest BCUT2D eigenvalue weighted by atomic mass is 9.88. The van der Waals surface area contributed by atoms with Crippen LogP contribution >= 0.6 is 11.8 Å². The normalized spacial score (nSPS) is 15.7. The lowest BCUT2D eigenvalue weighted by Gasteiger charge is -2.21. The van der Waals surface area contributed by atoms with Gasteiger partial charge in [-0.25, -0.2) is 8.78 Å². The van der Waals surface area contributed by atoms with Crippen molar-refractivity contribution in [2.45, 2.75) is 25.7 Å². The Balaban J connectivity index is 2.36. The SMILES string of the molecule is N=C(N)SCC1=C(c2cccc(F)c2F)CCCC1. The standard InChI is InChI=1S/C14H16F2N2S/c15-12-7-3-6-11(13(12)16)10-5-2-1-4-9(10)8-19-14(17)18/h3,6-7H,1-2,4-5,8H2,(H3,17,18). The van der Waals surface area contributed by atoms with Gasteiger partial charge in [0, 0.05) is 11.3 Å². The number of halogens is 2. The van der Waals surface area contributed by atoms with E-state index in [1.807, 2.05) is 0 Å². The maximum Gasteiger partial charge on any atom is 0.166 e. The summed E-state index contributed by atoms with van der Waals surface area (Å²) >= 11 is 1.23. The summed E-state index contributed by atoms with van der Waals surface area (Å²) < 4.78 is 27.2. The summed E-state index contributed by atoms with van der Waals surface area (Å²) in [6.45, 7) is 0. The van der Waals surface area contributed by atoms with Crippen molar-refractivity contribution in [2.24, 2.45) is 5.73 Å². The molecule has 1 aromatic carbocycles. The number of amidine groups is 1. The average molecular weight is 282 g/mol. The number of hydrogen-bond donors (Lipinski definition) is 2. The van der Waals surface area contributed by atoms with Crippen molar-refractivity contribution in [2.75, 3.05) is 5.75 Å². The zero-order valence-corrected chi connectivity index (χ0v) is 11.3. The molecular weight excluding hydrogens is 266 g/mol. The number of thioether (sulfide) groups is 1. The second kappa shape index (κ2) is 6.19. The molecule has 5 heteroatoms. The van der Waals surface area contributed by atoms with Gasteiger partial charge in [-0.15, -0.1) is 0 Å². The summed E-state index contributed by atoms with van der Waals surface area (Å²) in [6, 6.07) is 4.29. The van der Waals surface area contributed by atoms with E-state index in [-0.39, 0.29) is 5.17 Å². The van der Waals surface area contributed by atoms with Crippen molar-refractivity contribution in [1.82, 2.24) is 0 Å². The Kier molecular flexibility index (Phi) is 4.58. The Morgan fingerprint density at radius 3 is 2.74 bits per heavy atom. The van der Waals surface area contributed by atoms with E-state index in [1.165, 1.54) is 17.8 Å². The van der Waals surface area contributed by atoms with Crippen LogP contribution in [0.4, 0.5) is 8.78 Å². The number of benzene rings is 1. The highest BCUT2D eigenvalue weighted by atomic mass is 32.2. The topological polar surface area (TPSA) is 49.9 Å². The molecule has 0 saturated carbocycles. The molecule has 102 valence electrons. The fraction of sp³-hybridized carbons (Fsp3) is 0.357. The Morgan fingerprint density at radius 1 is 1.26 bits per heavy atom. The Hall–Kier alpha value is -1.36. The summed E-state index contributed by atoms with van der Waals surface area (Å²) in [5, 5.41) is 7.30. The summed E-state index contributed by atoms with van der Waals surface area (Å²) in [4.78, 5) is 0. The molecule has 0 saturated heterocycles. The number of hydrogen-bond acceptors (Lipinski definition) is 2. The van der Waals surface area contributed by atoms with Gasteiger partial charge in [-0.05, 0) is 37.3 Å². The first-order valence-electron chi connectivity index (χ1n) is 6.21. The molecule has 0 bridgehead atoms. The van der Waals surface area contributed by atoms with Crippen LogP contribution in [0.1, 0.15) is 31.2 Å². The molecule has 1 aliphatic carbocycles. The fourth-order valence-electron chi connectivity index (χ4n) is 2.35. The minimum absolute atomic E-state index is 0.0529. The second-order valence-corrected chi connectivity index (χ2v) is 5.56. The lowest BCUT2D eigenvalue weighted by molar-refractivity contribution is 0.505. The Bertz CT molecular complexity index is 526. The molecule has 2 nitrogen and oxygen atoms in total. The quantitative estimate of drug-likeness (QED) is 0.652. The number of nitrogens with one attached hydrogen (secondary N) is 1. The molecule has 19 heavy (non-hydrogen) atoms. The van der Waals surface area contributed by atoms with Gasteiger partial charge in [0.1, 0.15) is 0 Å². The van der Waals surface area contributed by atoms with Gasteiger partial charge in [0.25, 0.3) is 0 Å². The first-order valence-corrected chi connectivity index (χ1v) is 7.20. The summed E-state index contributed by atoms with van der Waals surface area (Å²) in [5.74, 6) is -1.00. The molecule has 0 atom stereocenters. The molecule has 0 aromatic heterocycles. The molecule has 0 spiro atoms. The monoisotopic (exact) mass is 282 g/mol. The van der Waals surface area contributed by atoms with E-state index in [0.717, 1.165) is 42.9 Å². The first kappa shape index (κ1) is 14.1. The van der Waals surface area contributed by atoms with Crippen LogP contribution < -0.4 is 5.73 Å². The van der Waals surface area contributed by atoms with Crippen molar-refractivity contribution in [3.8, 4) is 0 Å². The fourth-order valence-corrected chi connectivity index (χ4v) is 3.00. The summed E-state index contributed by atoms with van der Waals surface area (Å²) in [5.41, 5.74) is 7.66. The van der Waals surface area contributed by atoms with Gasteiger partial charge in [0.05, 0.1) is 0 Å². The third-order valence-corrected chi connectivity index (χ3v) is 4.06. The summed E-state index contributed by atoms with van der Waals surface area (Å²) in [6.07, 6.45) is 3.66. The van der Waals surface area contributed by atoms with E-state index in [9.17, 15) is 8.78 Å². The average Bonchev–Trinajstić information content (AvgIpc) is 2.40. The van der Waals surface area contributed by atoms with Crippen LogP contribution in [0, 0.1) is 17.0 Å². The zero-order chi connectivity index (χ0) is 13.8. The maximum absolute atomic E-state index is 13.9. The van der Waals surface area contributed by atoms with Crippen LogP contribution in [0.15, 0.2) is 23.8 Å². The van der Waals surface area contributed by atoms with Crippen LogP contribution in [0.25, 0.3) is 5.57 Å². The van der Waals surface area contributed by atoms with Crippen molar-refractivity contribution < 1.29 is 8.78 Å². The third-order valence-electron chi connectivity index (χ3n) is 3.26. The van der Waals surface area contributed by atoms with Gasteiger partial charge in [-0.1, -0.05) is 29.5 Å². The van der Waals surface area contributed by atoms with Gasteiger partial charge in [0.2, 0.25) is 0 Å². The van der Waals surface area contributed by atoms with Gasteiger partial charge in [0.15, 0.2) is 16.8 Å². The van der Waals surface area contributed by atoms with Gasteiger partial charge >= 0.3 is 0 Å². The van der Waals surface area contributed by atoms with E-state index in [0.29, 0.717) is 11.3 Å². The van der Waals surface area contributed by atoms with Crippen LogP contribution in [0.5, 0.6) is 0 Å². The Labute approximate surface area is 115 Å². The predicted molar refractivity (Wildman–Crippen MR) is 76.1 cm³/mol. The molecular formula is C14H16F2N2S. The minimum atomic E-state index is -0.811. The third kappa shape index (κ3) is 3.35. The van der Waals surface area contributed by atoms with E-state index >= 15 is 0 Å². The number of nitrogens with two attached hydrogens (primary N) is 1. The van der Waals surface area contributed by atoms with Gasteiger partial charge in [-0.2, -0.15) is 0 Å². The minimum Gasteiger partial charge on any atom is -0.379 e. The molecule has 0 radical (unpaired) electrons. The molecule has 3 N–H and O–H groups in total. The van der Waals surface area contributed by atoms with E-state index in [2.05, 4.69) is 0 Å². The van der Waals surface area contributed by atoms with E-state index in [4.69, 9.17) is 11.1 Å². The largest absolute Gasteiger partial charge is 0.379 e. The number of allylic oxidation sites excluding steroid dienone is 1. The molecule has 0 unspecified atom stereocenters. The van der Waals surface area contributed by atoms with Crippen LogP contribution in [0.3, 0.4) is 0 Å². The second-order valence-electron chi connectivity index (χ2n) is 4.54. The highest BCUT2D eigenvalue weighted by Gasteiger charge is 2.19. The van der Waals surface area contributed by atoms with Crippen molar-refractivity contribution >= 4 is 22.5 Å². The molecule has 1 aliphatic rings. The van der Waals surface area contributed by atoms with Crippen molar-refractivity contribution in [3.63, 3.8) is 0 Å². The number of rotatable bonds is 3. The molecule has 1 aromatic rings. The molecule has 2 rings (SSSR count). The highest BCUT2D eigenvalue weighted by molar-refractivity contribution is 8.13. The van der Waals surface area contributed by atoms with Crippen LogP contribution in [-0.2, 0) is 0 Å². The first-order chi connectivity index (χ1) is 9.09. The van der Waals surface area contributed by atoms with Crippen molar-refractivity contribution in [1.29, 1.82) is 5.41 Å². The van der Waals surface area contributed by atoms with Crippen molar-refractivity contribution in [3.05, 3.63) is 41.0 Å². The molecule has 0 heterocycles.